The average Bonchev–Trinajstić information content (AvgIpc) is 3.24. The van der Waals surface area contributed by atoms with E-state index in [4.69, 9.17) is 0 Å². The van der Waals surface area contributed by atoms with Gasteiger partial charge in [0.2, 0.25) is 5.91 Å². The van der Waals surface area contributed by atoms with E-state index in [0.29, 0.717) is 11.9 Å². The van der Waals surface area contributed by atoms with Crippen molar-refractivity contribution in [2.75, 3.05) is 6.54 Å². The highest BCUT2D eigenvalue weighted by molar-refractivity contribution is 7.07. The Bertz CT molecular complexity index is 664. The molecule has 1 aromatic heterocycles. The lowest BCUT2D eigenvalue weighted by Crippen LogP contribution is -2.35. The monoisotopic (exact) mass is 311 g/mol. The highest BCUT2D eigenvalue weighted by atomic mass is 32.1. The minimum atomic E-state index is 0.0733. The van der Waals surface area contributed by atoms with E-state index in [1.807, 2.05) is 0 Å². The zero-order chi connectivity index (χ0) is 14.9. The zero-order valence-corrected chi connectivity index (χ0v) is 13.5. The van der Waals surface area contributed by atoms with E-state index in [0.717, 1.165) is 38.6 Å². The summed E-state index contributed by atoms with van der Waals surface area (Å²) in [6.45, 7) is 0.915. The number of carbonyl (C=O) groups is 1. The van der Waals surface area contributed by atoms with Crippen LogP contribution >= 0.6 is 11.3 Å². The van der Waals surface area contributed by atoms with Crippen molar-refractivity contribution in [3.63, 3.8) is 0 Å². The van der Waals surface area contributed by atoms with Crippen LogP contribution in [0, 0.1) is 0 Å². The minimum Gasteiger partial charge on any atom is -0.335 e. The zero-order valence-electron chi connectivity index (χ0n) is 12.7. The molecular formula is C19H21NOS. The lowest BCUT2D eigenvalue weighted by atomic mass is 9.82. The van der Waals surface area contributed by atoms with Crippen LogP contribution in [0.3, 0.4) is 0 Å². The maximum Gasteiger partial charge on any atom is 0.230 e. The van der Waals surface area contributed by atoms with Gasteiger partial charge in [0.15, 0.2) is 0 Å². The number of amides is 1. The Morgan fingerprint density at radius 2 is 2.05 bits per heavy atom. The summed E-state index contributed by atoms with van der Waals surface area (Å²) >= 11 is 1.73. The summed E-state index contributed by atoms with van der Waals surface area (Å²) in [5.41, 5.74) is 3.97. The van der Waals surface area contributed by atoms with Crippen molar-refractivity contribution >= 4 is 17.2 Å². The predicted octanol–water partition coefficient (Wildman–Crippen LogP) is 4.53. The highest BCUT2D eigenvalue weighted by Gasteiger charge is 2.36. The van der Waals surface area contributed by atoms with E-state index in [-0.39, 0.29) is 5.92 Å². The lowest BCUT2D eigenvalue weighted by molar-refractivity contribution is -0.134. The summed E-state index contributed by atoms with van der Waals surface area (Å²) in [6.07, 6.45) is 5.48. The third kappa shape index (κ3) is 2.38. The van der Waals surface area contributed by atoms with Gasteiger partial charge in [0.05, 0.1) is 12.0 Å². The molecule has 3 heteroatoms. The summed E-state index contributed by atoms with van der Waals surface area (Å²) in [5.74, 6) is 0.421. The van der Waals surface area contributed by atoms with Gasteiger partial charge in [0.1, 0.15) is 0 Å². The van der Waals surface area contributed by atoms with Gasteiger partial charge in [0, 0.05) is 6.54 Å². The van der Waals surface area contributed by atoms with E-state index in [1.165, 1.54) is 16.7 Å². The summed E-state index contributed by atoms with van der Waals surface area (Å²) in [7, 11) is 0. The topological polar surface area (TPSA) is 20.3 Å². The number of likely N-dealkylation sites (tertiary alicyclic amines) is 1. The van der Waals surface area contributed by atoms with Crippen LogP contribution < -0.4 is 0 Å². The molecule has 0 saturated carbocycles. The molecule has 1 aromatic carbocycles. The van der Waals surface area contributed by atoms with Gasteiger partial charge >= 0.3 is 0 Å². The number of carbonyl (C=O) groups excluding carboxylic acids is 1. The molecule has 2 atom stereocenters. The fraction of sp³-hybridized carbons (Fsp3) is 0.421. The number of nitrogens with zero attached hydrogens (tertiary/aromatic N) is 1. The summed E-state index contributed by atoms with van der Waals surface area (Å²) in [4.78, 5) is 15.3. The molecule has 2 nitrogen and oxygen atoms in total. The molecule has 114 valence electrons. The van der Waals surface area contributed by atoms with E-state index < -0.39 is 0 Å². The molecule has 2 heterocycles. The molecule has 1 aliphatic heterocycles. The second kappa shape index (κ2) is 5.88. The van der Waals surface area contributed by atoms with E-state index >= 15 is 0 Å². The van der Waals surface area contributed by atoms with Gasteiger partial charge in [-0.3, -0.25) is 4.79 Å². The Morgan fingerprint density at radius 1 is 1.14 bits per heavy atom. The van der Waals surface area contributed by atoms with Crippen molar-refractivity contribution in [3.8, 4) is 0 Å². The maximum absolute atomic E-state index is 13.2. The Kier molecular flexibility index (Phi) is 3.75. The van der Waals surface area contributed by atoms with Gasteiger partial charge < -0.3 is 4.90 Å². The molecule has 0 unspecified atom stereocenters. The molecule has 0 spiro atoms. The molecular weight excluding hydrogens is 290 g/mol. The Hall–Kier alpha value is -1.61. The van der Waals surface area contributed by atoms with Crippen LogP contribution in [0.2, 0.25) is 0 Å². The first-order chi connectivity index (χ1) is 10.8. The summed E-state index contributed by atoms with van der Waals surface area (Å²) < 4.78 is 0. The van der Waals surface area contributed by atoms with Crippen molar-refractivity contribution < 1.29 is 4.79 Å². The summed E-state index contributed by atoms with van der Waals surface area (Å²) in [5, 5.41) is 4.32. The van der Waals surface area contributed by atoms with Crippen molar-refractivity contribution in [2.24, 2.45) is 0 Å². The van der Waals surface area contributed by atoms with Gasteiger partial charge in [-0.1, -0.05) is 24.3 Å². The molecule has 1 amide bonds. The van der Waals surface area contributed by atoms with Gasteiger partial charge in [-0.05, 0) is 65.6 Å². The first-order valence-electron chi connectivity index (χ1n) is 8.25. The third-order valence-corrected chi connectivity index (χ3v) is 5.83. The molecule has 1 aliphatic carbocycles. The standard InChI is InChI=1S/C19H21NOS/c21-19(17-8-3-6-14-5-1-2-7-16(14)17)20-11-4-9-18(20)15-10-12-22-13-15/h1-2,5,7,10,12-13,17-18H,3-4,6,8-9,11H2/t17-,18-/m1/s1. The van der Waals surface area contributed by atoms with Crippen LogP contribution in [0.15, 0.2) is 41.1 Å². The van der Waals surface area contributed by atoms with Gasteiger partial charge in [-0.15, -0.1) is 0 Å². The van der Waals surface area contributed by atoms with Gasteiger partial charge in [0.25, 0.3) is 0 Å². The quantitative estimate of drug-likeness (QED) is 0.798. The number of hydrogen-bond donors (Lipinski definition) is 0. The van der Waals surface area contributed by atoms with Crippen LogP contribution in [-0.4, -0.2) is 17.4 Å². The van der Waals surface area contributed by atoms with Crippen LogP contribution in [0.1, 0.15) is 54.3 Å². The third-order valence-electron chi connectivity index (χ3n) is 5.13. The second-order valence-corrected chi connectivity index (χ2v) is 7.17. The molecule has 4 rings (SSSR count). The number of benzene rings is 1. The number of fused-ring (bicyclic) bond motifs is 1. The molecule has 1 fully saturated rings. The smallest absolute Gasteiger partial charge is 0.230 e. The average molecular weight is 311 g/mol. The number of aryl methyl sites for hydroxylation is 1. The number of thiophene rings is 1. The first-order valence-corrected chi connectivity index (χ1v) is 9.19. The molecule has 0 radical (unpaired) electrons. The van der Waals surface area contributed by atoms with E-state index in [9.17, 15) is 4.79 Å². The number of hydrogen-bond acceptors (Lipinski definition) is 2. The predicted molar refractivity (Wildman–Crippen MR) is 90.1 cm³/mol. The molecule has 0 N–H and O–H groups in total. The maximum atomic E-state index is 13.2. The van der Waals surface area contributed by atoms with Gasteiger partial charge in [-0.2, -0.15) is 11.3 Å². The molecule has 0 bridgehead atoms. The molecule has 1 saturated heterocycles. The minimum absolute atomic E-state index is 0.0733. The normalized spacial score (nSPS) is 24.3. The highest BCUT2D eigenvalue weighted by Crippen LogP contribution is 2.39. The Balaban J connectivity index is 1.62. The largest absolute Gasteiger partial charge is 0.335 e. The van der Waals surface area contributed by atoms with Crippen molar-refractivity contribution in [1.82, 2.24) is 4.90 Å². The fourth-order valence-electron chi connectivity index (χ4n) is 4.05. The molecule has 2 aromatic rings. The van der Waals surface area contributed by atoms with Gasteiger partial charge in [-0.25, -0.2) is 0 Å². The van der Waals surface area contributed by atoms with Crippen LogP contribution in [0.5, 0.6) is 0 Å². The van der Waals surface area contributed by atoms with E-state index in [2.05, 4.69) is 46.0 Å². The van der Waals surface area contributed by atoms with Crippen molar-refractivity contribution in [2.45, 2.75) is 44.1 Å². The summed E-state index contributed by atoms with van der Waals surface area (Å²) in [6, 6.07) is 11.0. The molecule has 2 aliphatic rings. The Labute approximate surface area is 135 Å². The van der Waals surface area contributed by atoms with Crippen LogP contribution in [0.4, 0.5) is 0 Å². The fourth-order valence-corrected chi connectivity index (χ4v) is 4.76. The Morgan fingerprint density at radius 3 is 2.91 bits per heavy atom. The van der Waals surface area contributed by atoms with Crippen LogP contribution in [-0.2, 0) is 11.2 Å². The van der Waals surface area contributed by atoms with E-state index in [1.54, 1.807) is 11.3 Å². The first kappa shape index (κ1) is 14.0. The van der Waals surface area contributed by atoms with Crippen molar-refractivity contribution in [3.05, 3.63) is 57.8 Å². The van der Waals surface area contributed by atoms with Crippen molar-refractivity contribution in [1.29, 1.82) is 0 Å². The molecule has 22 heavy (non-hydrogen) atoms. The number of rotatable bonds is 2. The second-order valence-electron chi connectivity index (χ2n) is 6.39. The SMILES string of the molecule is O=C([C@@H]1CCCc2ccccc21)N1CCC[C@@H]1c1ccsc1. The van der Waals surface area contributed by atoms with Crippen LogP contribution in [0.25, 0.3) is 0 Å². The lowest BCUT2D eigenvalue weighted by Gasteiger charge is -2.32.